The zero-order chi connectivity index (χ0) is 25.7. The van der Waals surface area contributed by atoms with Crippen LogP contribution in [-0.2, 0) is 11.4 Å². The summed E-state index contributed by atoms with van der Waals surface area (Å²) in [6, 6.07) is 17.9. The van der Waals surface area contributed by atoms with Gasteiger partial charge in [-0.25, -0.2) is 4.99 Å². The highest BCUT2D eigenvalue weighted by Crippen LogP contribution is 2.39. The second-order valence-corrected chi connectivity index (χ2v) is 9.63. The Morgan fingerprint density at radius 2 is 1.92 bits per heavy atom. The minimum Gasteiger partial charge on any atom is -0.490 e. The molecule has 0 bridgehead atoms. The fourth-order valence-corrected chi connectivity index (χ4v) is 4.83. The van der Waals surface area contributed by atoms with E-state index < -0.39 is 4.92 Å². The van der Waals surface area contributed by atoms with Gasteiger partial charge in [-0.3, -0.25) is 14.9 Å². The second-order valence-electron chi connectivity index (χ2n) is 7.75. The van der Waals surface area contributed by atoms with Gasteiger partial charge in [0.25, 0.3) is 11.6 Å². The summed E-state index contributed by atoms with van der Waals surface area (Å²) in [5, 5.41) is 14.1. The maximum atomic E-state index is 12.6. The van der Waals surface area contributed by atoms with Crippen molar-refractivity contribution in [2.75, 3.05) is 6.61 Å². The van der Waals surface area contributed by atoms with Crippen LogP contribution in [0.2, 0.25) is 0 Å². The number of aryl methyl sites for hydroxylation is 1. The summed E-state index contributed by atoms with van der Waals surface area (Å²) in [4.78, 5) is 28.0. The van der Waals surface area contributed by atoms with Crippen molar-refractivity contribution in [1.29, 1.82) is 0 Å². The van der Waals surface area contributed by atoms with Gasteiger partial charge in [-0.05, 0) is 82.5 Å². The first-order valence-corrected chi connectivity index (χ1v) is 12.6. The Hall–Kier alpha value is -3.63. The van der Waals surface area contributed by atoms with Crippen LogP contribution in [0.1, 0.15) is 23.6 Å². The molecule has 1 aliphatic heterocycles. The summed E-state index contributed by atoms with van der Waals surface area (Å²) < 4.78 is 12.6. The number of ether oxygens (including phenoxy) is 2. The van der Waals surface area contributed by atoms with Crippen LogP contribution in [0.25, 0.3) is 6.08 Å². The molecular formula is C26H22BrN3O5S. The van der Waals surface area contributed by atoms with Gasteiger partial charge in [-0.2, -0.15) is 0 Å². The molecule has 0 atom stereocenters. The van der Waals surface area contributed by atoms with E-state index in [0.29, 0.717) is 50.5 Å². The van der Waals surface area contributed by atoms with E-state index in [9.17, 15) is 14.9 Å². The zero-order valence-corrected chi connectivity index (χ0v) is 21.9. The number of halogens is 1. The van der Waals surface area contributed by atoms with E-state index in [1.54, 1.807) is 19.1 Å². The number of amidine groups is 1. The largest absolute Gasteiger partial charge is 0.490 e. The normalized spacial score (nSPS) is 15.2. The number of nitro groups is 1. The van der Waals surface area contributed by atoms with Crippen LogP contribution < -0.4 is 14.8 Å². The quantitative estimate of drug-likeness (QED) is 0.188. The van der Waals surface area contributed by atoms with Crippen LogP contribution in [0.15, 0.2) is 75.0 Å². The molecule has 0 aromatic heterocycles. The lowest BCUT2D eigenvalue weighted by atomic mass is 10.1. The summed E-state index contributed by atoms with van der Waals surface area (Å²) in [6.07, 6.45) is 1.75. The van der Waals surface area contributed by atoms with E-state index in [2.05, 4.69) is 26.2 Å². The number of carbonyl (C=O) groups is 1. The Morgan fingerprint density at radius 1 is 1.14 bits per heavy atom. The minimum absolute atomic E-state index is 0.00739. The van der Waals surface area contributed by atoms with Gasteiger partial charge < -0.3 is 14.8 Å². The summed E-state index contributed by atoms with van der Waals surface area (Å²) in [7, 11) is 0. The number of benzene rings is 3. The highest BCUT2D eigenvalue weighted by Gasteiger charge is 2.25. The molecule has 1 fully saturated rings. The summed E-state index contributed by atoms with van der Waals surface area (Å²) >= 11 is 4.77. The summed E-state index contributed by atoms with van der Waals surface area (Å²) in [5.74, 6) is 0.868. The number of amides is 1. The molecule has 1 N–H and O–H groups in total. The lowest BCUT2D eigenvalue weighted by Crippen LogP contribution is -2.19. The Balaban J connectivity index is 1.56. The van der Waals surface area contributed by atoms with E-state index >= 15 is 0 Å². The number of nitrogens with zero attached hydrogens (tertiary/aromatic N) is 2. The molecule has 0 aliphatic carbocycles. The van der Waals surface area contributed by atoms with Crippen LogP contribution in [0.5, 0.6) is 11.5 Å². The Morgan fingerprint density at radius 3 is 2.61 bits per heavy atom. The Labute approximate surface area is 220 Å². The first-order chi connectivity index (χ1) is 17.3. The van der Waals surface area contributed by atoms with Gasteiger partial charge in [-0.15, -0.1) is 0 Å². The first kappa shape index (κ1) is 25.5. The average molecular weight is 568 g/mol. The standard InChI is InChI=1S/C26H22BrN3O5S/c1-3-34-22-13-18(12-20(27)24(22)35-15-17-7-5-4-6-8-17)14-23-25(31)29-26(36-23)28-21-10-9-19(30(32)33)11-16(21)2/h4-14H,3,15H2,1-2H3,(H,28,29,31)/b23-14+. The van der Waals surface area contributed by atoms with Crippen molar-refractivity contribution in [1.82, 2.24) is 5.32 Å². The van der Waals surface area contributed by atoms with Crippen LogP contribution in [0.4, 0.5) is 11.4 Å². The molecule has 1 aliphatic rings. The number of carbonyl (C=O) groups excluding carboxylic acids is 1. The fourth-order valence-electron chi connectivity index (χ4n) is 3.42. The molecule has 0 saturated carbocycles. The fraction of sp³-hybridized carbons (Fsp3) is 0.154. The minimum atomic E-state index is -0.455. The molecule has 0 unspecified atom stereocenters. The van der Waals surface area contributed by atoms with Gasteiger partial charge in [0.1, 0.15) is 6.61 Å². The van der Waals surface area contributed by atoms with Crippen molar-refractivity contribution in [2.24, 2.45) is 4.99 Å². The van der Waals surface area contributed by atoms with Gasteiger partial charge in [0, 0.05) is 12.1 Å². The van der Waals surface area contributed by atoms with Gasteiger partial charge in [-0.1, -0.05) is 30.3 Å². The molecule has 8 nitrogen and oxygen atoms in total. The maximum absolute atomic E-state index is 12.6. The van der Waals surface area contributed by atoms with Crippen molar-refractivity contribution < 1.29 is 19.2 Å². The predicted octanol–water partition coefficient (Wildman–Crippen LogP) is 6.54. The molecule has 10 heteroatoms. The number of rotatable bonds is 8. The third-order valence-corrected chi connectivity index (χ3v) is 6.62. The maximum Gasteiger partial charge on any atom is 0.269 e. The molecule has 3 aromatic rings. The van der Waals surface area contributed by atoms with E-state index in [4.69, 9.17) is 9.47 Å². The predicted molar refractivity (Wildman–Crippen MR) is 145 cm³/mol. The lowest BCUT2D eigenvalue weighted by molar-refractivity contribution is -0.384. The van der Waals surface area contributed by atoms with Crippen molar-refractivity contribution in [2.45, 2.75) is 20.5 Å². The number of hydrogen-bond donors (Lipinski definition) is 1. The third-order valence-electron chi connectivity index (χ3n) is 5.12. The van der Waals surface area contributed by atoms with Crippen LogP contribution in [0, 0.1) is 17.0 Å². The van der Waals surface area contributed by atoms with Crippen molar-refractivity contribution in [3.8, 4) is 11.5 Å². The van der Waals surface area contributed by atoms with Crippen LogP contribution in [-0.4, -0.2) is 22.6 Å². The highest BCUT2D eigenvalue weighted by molar-refractivity contribution is 9.10. The second kappa shape index (κ2) is 11.4. The number of nitro benzene ring substituents is 1. The monoisotopic (exact) mass is 567 g/mol. The number of nitrogens with one attached hydrogen (secondary N) is 1. The molecule has 36 heavy (non-hydrogen) atoms. The molecule has 184 valence electrons. The van der Waals surface area contributed by atoms with Crippen molar-refractivity contribution >= 4 is 56.2 Å². The molecule has 0 radical (unpaired) electrons. The van der Waals surface area contributed by atoms with E-state index in [0.717, 1.165) is 11.1 Å². The van der Waals surface area contributed by atoms with Crippen molar-refractivity contribution in [3.63, 3.8) is 0 Å². The molecule has 4 rings (SSSR count). The zero-order valence-electron chi connectivity index (χ0n) is 19.5. The van der Waals surface area contributed by atoms with E-state index in [1.807, 2.05) is 49.4 Å². The average Bonchev–Trinajstić information content (AvgIpc) is 3.19. The smallest absolute Gasteiger partial charge is 0.269 e. The van der Waals surface area contributed by atoms with E-state index in [-0.39, 0.29) is 11.6 Å². The topological polar surface area (TPSA) is 103 Å². The lowest BCUT2D eigenvalue weighted by Gasteiger charge is -2.15. The number of non-ortho nitro benzene ring substituents is 1. The number of thioether (sulfide) groups is 1. The van der Waals surface area contributed by atoms with Crippen LogP contribution in [0.3, 0.4) is 0 Å². The number of hydrogen-bond acceptors (Lipinski definition) is 7. The Bertz CT molecular complexity index is 1380. The molecule has 1 heterocycles. The van der Waals surface area contributed by atoms with Gasteiger partial charge in [0.15, 0.2) is 16.7 Å². The SMILES string of the molecule is CCOc1cc(/C=C2/SC(=Nc3ccc([N+](=O)[O-])cc3C)NC2=O)cc(Br)c1OCc1ccccc1. The molecule has 0 spiro atoms. The molecular weight excluding hydrogens is 546 g/mol. The van der Waals surface area contributed by atoms with E-state index in [1.165, 1.54) is 23.9 Å². The number of aliphatic imine (C=N–C) groups is 1. The summed E-state index contributed by atoms with van der Waals surface area (Å²) in [6.45, 7) is 4.47. The molecule has 1 amide bonds. The third kappa shape index (κ3) is 6.13. The van der Waals surface area contributed by atoms with Crippen LogP contribution >= 0.6 is 27.7 Å². The highest BCUT2D eigenvalue weighted by atomic mass is 79.9. The molecule has 3 aromatic carbocycles. The summed E-state index contributed by atoms with van der Waals surface area (Å²) in [5.41, 5.74) is 2.97. The Kier molecular flexibility index (Phi) is 8.07. The molecule has 1 saturated heterocycles. The first-order valence-electron chi connectivity index (χ1n) is 11.0. The van der Waals surface area contributed by atoms with Gasteiger partial charge in [0.05, 0.1) is 26.6 Å². The van der Waals surface area contributed by atoms with Gasteiger partial charge >= 0.3 is 0 Å². The van der Waals surface area contributed by atoms with Crippen molar-refractivity contribution in [3.05, 3.63) is 96.8 Å². The van der Waals surface area contributed by atoms with Gasteiger partial charge in [0.2, 0.25) is 0 Å².